The Morgan fingerprint density at radius 1 is 0.793 bits per heavy atom. The van der Waals surface area contributed by atoms with Crippen molar-refractivity contribution < 1.29 is 23.0 Å². The van der Waals surface area contributed by atoms with Crippen molar-refractivity contribution in [2.24, 2.45) is 5.92 Å². The van der Waals surface area contributed by atoms with Crippen LogP contribution in [0.25, 0.3) is 0 Å². The molecule has 2 atom stereocenters. The van der Waals surface area contributed by atoms with Gasteiger partial charge in [-0.1, -0.05) is 85.0 Å². The van der Waals surface area contributed by atoms with E-state index in [9.17, 15) is 9.46 Å². The van der Waals surface area contributed by atoms with E-state index in [2.05, 4.69) is 34.9 Å². The first-order chi connectivity index (χ1) is 13.8. The number of unbranched alkanes of at least 4 members (excludes halogenated alkanes) is 9. The lowest BCUT2D eigenvalue weighted by Crippen LogP contribution is -2.42. The van der Waals surface area contributed by atoms with E-state index < -0.39 is 7.82 Å². The van der Waals surface area contributed by atoms with Crippen LogP contribution in [0.3, 0.4) is 0 Å². The van der Waals surface area contributed by atoms with Crippen LogP contribution in [-0.4, -0.2) is 49.8 Å². The van der Waals surface area contributed by atoms with Gasteiger partial charge in [-0.25, -0.2) is 4.57 Å². The summed E-state index contributed by atoms with van der Waals surface area (Å²) in [6.07, 6.45) is 16.2. The molecule has 0 spiro atoms. The van der Waals surface area contributed by atoms with Gasteiger partial charge in [0.2, 0.25) is 0 Å². The van der Waals surface area contributed by atoms with E-state index in [1.807, 2.05) is 0 Å². The lowest BCUT2D eigenvalue weighted by Gasteiger charge is -2.30. The van der Waals surface area contributed by atoms with E-state index in [1.54, 1.807) is 0 Å². The van der Waals surface area contributed by atoms with Gasteiger partial charge in [0, 0.05) is 0 Å². The van der Waals surface area contributed by atoms with E-state index in [-0.39, 0.29) is 6.61 Å². The van der Waals surface area contributed by atoms with Crippen molar-refractivity contribution >= 4 is 7.82 Å². The highest BCUT2D eigenvalue weighted by Gasteiger charge is 2.24. The molecule has 0 aromatic carbocycles. The third kappa shape index (κ3) is 18.5. The molecule has 0 aliphatic heterocycles. The Labute approximate surface area is 181 Å². The standard InChI is InChI=1S/C23H50NO4P/c1-6-9-11-12-13-14-15-16-17-19-24(4,5)20-21-27-29(25,26)28-22-23(8-3)18-10-7-2/h23H,6-22H2,1-5H3/p+1. The summed E-state index contributed by atoms with van der Waals surface area (Å²) in [5.41, 5.74) is 0. The van der Waals surface area contributed by atoms with Crippen molar-refractivity contribution in [2.75, 3.05) is 40.4 Å². The Morgan fingerprint density at radius 2 is 1.34 bits per heavy atom. The Hall–Kier alpha value is 0.0700. The molecule has 0 saturated carbocycles. The number of hydrogen-bond donors (Lipinski definition) is 1. The summed E-state index contributed by atoms with van der Waals surface area (Å²) in [4.78, 5) is 9.94. The van der Waals surface area contributed by atoms with Crippen LogP contribution in [0.1, 0.15) is 104 Å². The van der Waals surface area contributed by atoms with Gasteiger partial charge in [-0.05, 0) is 25.2 Å². The number of phosphoric acid groups is 1. The Balaban J connectivity index is 3.86. The molecule has 2 unspecified atom stereocenters. The molecule has 1 N–H and O–H groups in total. The molecule has 0 fully saturated rings. The zero-order chi connectivity index (χ0) is 22.0. The Kier molecular flexibility index (Phi) is 17.8. The minimum absolute atomic E-state index is 0.254. The number of phosphoric ester groups is 1. The van der Waals surface area contributed by atoms with Gasteiger partial charge in [-0.3, -0.25) is 9.05 Å². The van der Waals surface area contributed by atoms with Crippen LogP contribution in [0.15, 0.2) is 0 Å². The molecule has 0 bridgehead atoms. The van der Waals surface area contributed by atoms with Gasteiger partial charge in [0.15, 0.2) is 0 Å². The highest BCUT2D eigenvalue weighted by Crippen LogP contribution is 2.43. The summed E-state index contributed by atoms with van der Waals surface area (Å²) in [6, 6.07) is 0. The number of nitrogens with zero attached hydrogens (tertiary/aromatic N) is 1. The molecular weight excluding hydrogens is 385 g/mol. The van der Waals surface area contributed by atoms with Gasteiger partial charge in [0.05, 0.1) is 27.2 Å². The zero-order valence-corrected chi connectivity index (χ0v) is 21.1. The van der Waals surface area contributed by atoms with Crippen molar-refractivity contribution in [2.45, 2.75) is 104 Å². The van der Waals surface area contributed by atoms with Crippen molar-refractivity contribution in [3.8, 4) is 0 Å². The lowest BCUT2D eigenvalue weighted by atomic mass is 10.0. The van der Waals surface area contributed by atoms with Gasteiger partial charge in [-0.2, -0.15) is 0 Å². The topological polar surface area (TPSA) is 55.8 Å². The predicted octanol–water partition coefficient (Wildman–Crippen LogP) is 6.94. The molecule has 0 amide bonds. The highest BCUT2D eigenvalue weighted by molar-refractivity contribution is 7.47. The van der Waals surface area contributed by atoms with E-state index in [1.165, 1.54) is 57.8 Å². The van der Waals surface area contributed by atoms with Crippen molar-refractivity contribution in [3.63, 3.8) is 0 Å². The predicted molar refractivity (Wildman–Crippen MR) is 124 cm³/mol. The zero-order valence-electron chi connectivity index (χ0n) is 20.2. The van der Waals surface area contributed by atoms with Crippen LogP contribution in [0.2, 0.25) is 0 Å². The smallest absolute Gasteiger partial charge is 0.327 e. The third-order valence-corrected chi connectivity index (χ3v) is 6.82. The van der Waals surface area contributed by atoms with Crippen molar-refractivity contribution in [1.29, 1.82) is 0 Å². The molecule has 0 aliphatic rings. The van der Waals surface area contributed by atoms with Crippen LogP contribution in [-0.2, 0) is 13.6 Å². The fourth-order valence-electron chi connectivity index (χ4n) is 3.50. The highest BCUT2D eigenvalue weighted by atomic mass is 31.2. The second-order valence-electron chi connectivity index (χ2n) is 9.23. The molecule has 0 saturated heterocycles. The molecule has 0 aliphatic carbocycles. The molecule has 5 nitrogen and oxygen atoms in total. The van der Waals surface area contributed by atoms with Crippen LogP contribution in [0, 0.1) is 5.92 Å². The van der Waals surface area contributed by atoms with Gasteiger partial charge >= 0.3 is 7.82 Å². The largest absolute Gasteiger partial charge is 0.472 e. The maximum atomic E-state index is 12.1. The first-order valence-corrected chi connectivity index (χ1v) is 13.7. The molecule has 176 valence electrons. The van der Waals surface area contributed by atoms with Gasteiger partial charge in [0.1, 0.15) is 13.2 Å². The minimum atomic E-state index is -3.94. The SMILES string of the molecule is CCCCCCCCCCC[N+](C)(C)CCOP(=O)(O)OCC(CC)CCCC. The second kappa shape index (κ2) is 17.7. The fraction of sp³-hybridized carbons (Fsp3) is 1.00. The summed E-state index contributed by atoms with van der Waals surface area (Å²) in [6.45, 7) is 8.86. The molecule has 0 heterocycles. The monoisotopic (exact) mass is 436 g/mol. The van der Waals surface area contributed by atoms with Crippen molar-refractivity contribution in [1.82, 2.24) is 0 Å². The second-order valence-corrected chi connectivity index (χ2v) is 10.7. The molecule has 0 radical (unpaired) electrons. The van der Waals surface area contributed by atoms with E-state index in [4.69, 9.17) is 9.05 Å². The van der Waals surface area contributed by atoms with E-state index >= 15 is 0 Å². The lowest BCUT2D eigenvalue weighted by molar-refractivity contribution is -0.890. The first-order valence-electron chi connectivity index (χ1n) is 12.2. The van der Waals surface area contributed by atoms with E-state index in [0.717, 1.165) is 43.3 Å². The molecule has 6 heteroatoms. The molecule has 0 aromatic heterocycles. The quantitative estimate of drug-likeness (QED) is 0.120. The van der Waals surface area contributed by atoms with E-state index in [0.29, 0.717) is 12.5 Å². The van der Waals surface area contributed by atoms with Gasteiger partial charge in [0.25, 0.3) is 0 Å². The fourth-order valence-corrected chi connectivity index (χ4v) is 4.29. The van der Waals surface area contributed by atoms with Crippen LogP contribution >= 0.6 is 7.82 Å². The van der Waals surface area contributed by atoms with Gasteiger partial charge in [-0.15, -0.1) is 0 Å². The molecular formula is C23H51NO4P+. The normalized spacial score (nSPS) is 15.4. The number of hydrogen-bond acceptors (Lipinski definition) is 3. The van der Waals surface area contributed by atoms with Crippen LogP contribution in [0.5, 0.6) is 0 Å². The summed E-state index contributed by atoms with van der Waals surface area (Å²) >= 11 is 0. The minimum Gasteiger partial charge on any atom is -0.327 e. The third-order valence-electron chi connectivity index (χ3n) is 5.83. The summed E-state index contributed by atoms with van der Waals surface area (Å²) in [5.74, 6) is 0.331. The number of likely N-dealkylation sites (N-methyl/N-ethyl adjacent to an activating group) is 1. The molecule has 29 heavy (non-hydrogen) atoms. The molecule has 0 rings (SSSR count). The number of rotatable bonds is 21. The van der Waals surface area contributed by atoms with Crippen molar-refractivity contribution in [3.05, 3.63) is 0 Å². The number of quaternary nitrogens is 1. The maximum absolute atomic E-state index is 12.1. The summed E-state index contributed by atoms with van der Waals surface area (Å²) in [7, 11) is 0.383. The maximum Gasteiger partial charge on any atom is 0.472 e. The van der Waals surface area contributed by atoms with Gasteiger partial charge < -0.3 is 9.38 Å². The summed E-state index contributed by atoms with van der Waals surface area (Å²) in [5, 5.41) is 0. The average molecular weight is 437 g/mol. The van der Waals surface area contributed by atoms with Crippen LogP contribution < -0.4 is 0 Å². The first kappa shape index (κ1) is 29.1. The Morgan fingerprint density at radius 3 is 1.90 bits per heavy atom. The summed E-state index contributed by atoms with van der Waals surface area (Å²) < 4.78 is 23.4. The average Bonchev–Trinajstić information content (AvgIpc) is 2.66. The van der Waals surface area contributed by atoms with Crippen LogP contribution in [0.4, 0.5) is 0 Å². The Bertz CT molecular complexity index is 418. The molecule has 0 aromatic rings.